The zero-order valence-corrected chi connectivity index (χ0v) is 6.30. The summed E-state index contributed by atoms with van der Waals surface area (Å²) >= 11 is 0. The number of nitrogens with zero attached hydrogens (tertiary/aromatic N) is 1. The van der Waals surface area contributed by atoms with Gasteiger partial charge in [0.1, 0.15) is 0 Å². The smallest absolute Gasteiger partial charge is 0.0275 e. The molecule has 0 saturated carbocycles. The van der Waals surface area contributed by atoms with Crippen LogP contribution >= 0.6 is 0 Å². The molecule has 1 nitrogen and oxygen atoms in total. The van der Waals surface area contributed by atoms with Crippen molar-refractivity contribution >= 4 is 0 Å². The van der Waals surface area contributed by atoms with Crippen LogP contribution in [0, 0.1) is 0 Å². The van der Waals surface area contributed by atoms with Crippen LogP contribution in [0.3, 0.4) is 0 Å². The lowest BCUT2D eigenvalue weighted by Gasteiger charge is -2.14. The highest BCUT2D eigenvalue weighted by atomic mass is 15.1. The Morgan fingerprint density at radius 2 is 2.33 bits per heavy atom. The summed E-state index contributed by atoms with van der Waals surface area (Å²) in [6.45, 7) is 3.36. The largest absolute Gasteiger partial charge is 0.300 e. The third-order valence-corrected chi connectivity index (χ3v) is 1.99. The van der Waals surface area contributed by atoms with E-state index in [-0.39, 0.29) is 0 Å². The third kappa shape index (κ3) is 1.55. The third-order valence-electron chi connectivity index (χ3n) is 1.99. The summed E-state index contributed by atoms with van der Waals surface area (Å²) < 4.78 is 0. The molecule has 52 valence electrons. The Morgan fingerprint density at radius 1 is 1.56 bits per heavy atom. The fourth-order valence-corrected chi connectivity index (χ4v) is 1.40. The highest BCUT2D eigenvalue weighted by molar-refractivity contribution is 4.94. The quantitative estimate of drug-likeness (QED) is 0.482. The summed E-state index contributed by atoms with van der Waals surface area (Å²) in [4.78, 5) is 2.40. The van der Waals surface area contributed by atoms with Gasteiger partial charge in [-0.2, -0.15) is 0 Å². The van der Waals surface area contributed by atoms with E-state index in [2.05, 4.69) is 31.0 Å². The maximum atomic E-state index is 2.40. The van der Waals surface area contributed by atoms with Crippen molar-refractivity contribution in [3.63, 3.8) is 0 Å². The van der Waals surface area contributed by atoms with Crippen molar-refractivity contribution in [3.8, 4) is 0 Å². The van der Waals surface area contributed by atoms with Crippen LogP contribution in [-0.4, -0.2) is 24.5 Å². The van der Waals surface area contributed by atoms with Gasteiger partial charge in [0, 0.05) is 6.04 Å². The molecule has 9 heavy (non-hydrogen) atoms. The first-order valence-corrected chi connectivity index (χ1v) is 3.67. The van der Waals surface area contributed by atoms with Gasteiger partial charge in [0.05, 0.1) is 0 Å². The average Bonchev–Trinajstić information content (AvgIpc) is 2.18. The van der Waals surface area contributed by atoms with Crippen molar-refractivity contribution in [1.82, 2.24) is 4.90 Å². The second-order valence-electron chi connectivity index (χ2n) is 2.72. The molecule has 1 atom stereocenters. The SMILES string of the molecule is CC=CC1CCCN1C. The summed E-state index contributed by atoms with van der Waals surface area (Å²) in [5.74, 6) is 0. The van der Waals surface area contributed by atoms with E-state index >= 15 is 0 Å². The average molecular weight is 125 g/mol. The molecule has 0 aromatic carbocycles. The number of rotatable bonds is 1. The summed E-state index contributed by atoms with van der Waals surface area (Å²) in [6, 6.07) is 0.731. The monoisotopic (exact) mass is 125 g/mol. The molecule has 1 heterocycles. The van der Waals surface area contributed by atoms with E-state index < -0.39 is 0 Å². The Morgan fingerprint density at radius 3 is 2.78 bits per heavy atom. The fourth-order valence-electron chi connectivity index (χ4n) is 1.40. The lowest BCUT2D eigenvalue weighted by atomic mass is 10.2. The zero-order valence-electron chi connectivity index (χ0n) is 6.30. The number of allylic oxidation sites excluding steroid dienone is 1. The summed E-state index contributed by atoms with van der Waals surface area (Å²) in [5.41, 5.74) is 0. The number of likely N-dealkylation sites (tertiary alicyclic amines) is 1. The molecule has 0 aromatic heterocycles. The van der Waals surface area contributed by atoms with Gasteiger partial charge in [0.2, 0.25) is 0 Å². The summed E-state index contributed by atoms with van der Waals surface area (Å²) in [6.07, 6.45) is 7.14. The number of likely N-dealkylation sites (N-methyl/N-ethyl adjacent to an activating group) is 1. The van der Waals surface area contributed by atoms with Crippen LogP contribution in [0.5, 0.6) is 0 Å². The predicted octanol–water partition coefficient (Wildman–Crippen LogP) is 1.66. The molecule has 0 spiro atoms. The van der Waals surface area contributed by atoms with Crippen LogP contribution in [-0.2, 0) is 0 Å². The minimum absolute atomic E-state index is 0.731. The fraction of sp³-hybridized carbons (Fsp3) is 0.750. The first kappa shape index (κ1) is 6.81. The summed E-state index contributed by atoms with van der Waals surface area (Å²) in [5, 5.41) is 0. The number of hydrogen-bond donors (Lipinski definition) is 0. The molecule has 0 aromatic rings. The van der Waals surface area contributed by atoms with Crippen molar-refractivity contribution in [2.75, 3.05) is 13.6 Å². The lowest BCUT2D eigenvalue weighted by Crippen LogP contribution is -2.22. The Hall–Kier alpha value is -0.300. The van der Waals surface area contributed by atoms with E-state index in [9.17, 15) is 0 Å². The van der Waals surface area contributed by atoms with Gasteiger partial charge in [-0.1, -0.05) is 12.2 Å². The molecule has 0 N–H and O–H groups in total. The Labute approximate surface area is 57.4 Å². The Kier molecular flexibility index (Phi) is 2.29. The molecule has 1 heteroatoms. The number of hydrogen-bond acceptors (Lipinski definition) is 1. The molecular weight excluding hydrogens is 110 g/mol. The zero-order chi connectivity index (χ0) is 6.69. The first-order chi connectivity index (χ1) is 4.34. The molecule has 1 aliphatic rings. The van der Waals surface area contributed by atoms with E-state index in [4.69, 9.17) is 0 Å². The second-order valence-corrected chi connectivity index (χ2v) is 2.72. The van der Waals surface area contributed by atoms with E-state index in [0.29, 0.717) is 0 Å². The van der Waals surface area contributed by atoms with Crippen LogP contribution in [0.25, 0.3) is 0 Å². The van der Waals surface area contributed by atoms with E-state index in [1.165, 1.54) is 19.4 Å². The topological polar surface area (TPSA) is 3.24 Å². The minimum Gasteiger partial charge on any atom is -0.300 e. The van der Waals surface area contributed by atoms with Crippen molar-refractivity contribution in [2.45, 2.75) is 25.8 Å². The van der Waals surface area contributed by atoms with E-state index in [1.807, 2.05) is 0 Å². The van der Waals surface area contributed by atoms with Gasteiger partial charge in [-0.25, -0.2) is 0 Å². The molecule has 0 radical (unpaired) electrons. The molecule has 1 aliphatic heterocycles. The maximum absolute atomic E-state index is 2.40. The molecule has 1 saturated heterocycles. The van der Waals surface area contributed by atoms with Crippen molar-refractivity contribution in [2.24, 2.45) is 0 Å². The molecule has 1 rings (SSSR count). The van der Waals surface area contributed by atoms with Crippen molar-refractivity contribution in [3.05, 3.63) is 12.2 Å². The summed E-state index contributed by atoms with van der Waals surface area (Å²) in [7, 11) is 2.19. The highest BCUT2D eigenvalue weighted by Crippen LogP contribution is 2.14. The molecule has 1 fully saturated rings. The molecular formula is C8H15N. The van der Waals surface area contributed by atoms with Crippen molar-refractivity contribution in [1.29, 1.82) is 0 Å². The Balaban J connectivity index is 2.39. The van der Waals surface area contributed by atoms with Crippen molar-refractivity contribution < 1.29 is 0 Å². The van der Waals surface area contributed by atoms with Gasteiger partial charge < -0.3 is 0 Å². The van der Waals surface area contributed by atoms with E-state index in [0.717, 1.165) is 6.04 Å². The minimum atomic E-state index is 0.731. The van der Waals surface area contributed by atoms with Gasteiger partial charge in [0.15, 0.2) is 0 Å². The van der Waals surface area contributed by atoms with Crippen LogP contribution in [0.1, 0.15) is 19.8 Å². The van der Waals surface area contributed by atoms with Crippen LogP contribution < -0.4 is 0 Å². The molecule has 0 bridgehead atoms. The molecule has 0 aliphatic carbocycles. The molecule has 0 amide bonds. The second kappa shape index (κ2) is 3.02. The van der Waals surface area contributed by atoms with Crippen LogP contribution in [0.15, 0.2) is 12.2 Å². The first-order valence-electron chi connectivity index (χ1n) is 3.67. The van der Waals surface area contributed by atoms with Crippen LogP contribution in [0.4, 0.5) is 0 Å². The predicted molar refractivity (Wildman–Crippen MR) is 40.5 cm³/mol. The van der Waals surface area contributed by atoms with Crippen LogP contribution in [0.2, 0.25) is 0 Å². The Bertz CT molecular complexity index is 107. The molecule has 1 unspecified atom stereocenters. The van der Waals surface area contributed by atoms with Gasteiger partial charge >= 0.3 is 0 Å². The van der Waals surface area contributed by atoms with Gasteiger partial charge in [-0.15, -0.1) is 0 Å². The van der Waals surface area contributed by atoms with E-state index in [1.54, 1.807) is 0 Å². The maximum Gasteiger partial charge on any atom is 0.0275 e. The van der Waals surface area contributed by atoms with Gasteiger partial charge in [-0.05, 0) is 33.4 Å². The van der Waals surface area contributed by atoms with Gasteiger partial charge in [0.25, 0.3) is 0 Å². The van der Waals surface area contributed by atoms with Gasteiger partial charge in [-0.3, -0.25) is 4.90 Å². The standard InChI is InChI=1S/C8H15N/c1-3-5-8-6-4-7-9(8)2/h3,5,8H,4,6-7H2,1-2H3. The highest BCUT2D eigenvalue weighted by Gasteiger charge is 2.16. The lowest BCUT2D eigenvalue weighted by molar-refractivity contribution is 0.357. The normalized spacial score (nSPS) is 30.2.